The first-order chi connectivity index (χ1) is 11.2. The molecule has 1 amide bonds. The SMILES string of the molecule is Cc1ccc(-n2nc(-c3ccco3)cc2C(=O)NC2CC2)cc1. The normalized spacial score (nSPS) is 14.0. The molecule has 1 saturated carbocycles. The molecule has 5 nitrogen and oxygen atoms in total. The fourth-order valence-corrected chi connectivity index (χ4v) is 2.46. The highest BCUT2D eigenvalue weighted by molar-refractivity contribution is 5.94. The van der Waals surface area contributed by atoms with E-state index in [0.717, 1.165) is 24.1 Å². The molecular weight excluding hydrogens is 290 g/mol. The van der Waals surface area contributed by atoms with E-state index in [1.54, 1.807) is 17.0 Å². The van der Waals surface area contributed by atoms with Gasteiger partial charge in [0.25, 0.3) is 5.91 Å². The Balaban J connectivity index is 1.77. The number of carbonyl (C=O) groups excluding carboxylic acids is 1. The van der Waals surface area contributed by atoms with Gasteiger partial charge in [-0.05, 0) is 44.0 Å². The zero-order valence-corrected chi connectivity index (χ0v) is 12.8. The average Bonchev–Trinajstić information content (AvgIpc) is 3.06. The second-order valence-electron chi connectivity index (χ2n) is 5.89. The molecule has 0 unspecified atom stereocenters. The molecule has 0 aliphatic heterocycles. The highest BCUT2D eigenvalue weighted by atomic mass is 16.3. The lowest BCUT2D eigenvalue weighted by molar-refractivity contribution is 0.0943. The number of aryl methyl sites for hydroxylation is 1. The second kappa shape index (κ2) is 5.43. The number of carbonyl (C=O) groups is 1. The van der Waals surface area contributed by atoms with Crippen LogP contribution in [0.1, 0.15) is 28.9 Å². The molecule has 2 heterocycles. The van der Waals surface area contributed by atoms with E-state index in [-0.39, 0.29) is 5.91 Å². The Hall–Kier alpha value is -2.82. The Bertz CT molecular complexity index is 828. The summed E-state index contributed by atoms with van der Waals surface area (Å²) in [4.78, 5) is 12.5. The summed E-state index contributed by atoms with van der Waals surface area (Å²) < 4.78 is 7.08. The number of hydrogen-bond acceptors (Lipinski definition) is 3. The van der Waals surface area contributed by atoms with Gasteiger partial charge in [-0.15, -0.1) is 0 Å². The molecule has 0 bridgehead atoms. The summed E-state index contributed by atoms with van der Waals surface area (Å²) in [5.74, 6) is 0.551. The molecule has 2 aromatic heterocycles. The summed E-state index contributed by atoms with van der Waals surface area (Å²) in [6, 6.07) is 13.7. The quantitative estimate of drug-likeness (QED) is 0.804. The lowest BCUT2D eigenvalue weighted by atomic mass is 10.2. The summed E-state index contributed by atoms with van der Waals surface area (Å²) in [6.45, 7) is 2.03. The molecule has 1 aliphatic rings. The van der Waals surface area contributed by atoms with Crippen LogP contribution in [0.25, 0.3) is 17.1 Å². The molecule has 5 heteroatoms. The Morgan fingerprint density at radius 2 is 2.04 bits per heavy atom. The third kappa shape index (κ3) is 2.77. The predicted molar refractivity (Wildman–Crippen MR) is 86.5 cm³/mol. The number of nitrogens with zero attached hydrogens (tertiary/aromatic N) is 2. The van der Waals surface area contributed by atoms with Gasteiger partial charge in [-0.25, -0.2) is 4.68 Å². The van der Waals surface area contributed by atoms with Crippen LogP contribution in [0.15, 0.2) is 53.1 Å². The molecule has 1 fully saturated rings. The van der Waals surface area contributed by atoms with E-state index in [4.69, 9.17) is 4.42 Å². The number of furan rings is 1. The van der Waals surface area contributed by atoms with E-state index in [0.29, 0.717) is 23.2 Å². The van der Waals surface area contributed by atoms with E-state index in [1.165, 1.54) is 0 Å². The average molecular weight is 307 g/mol. The van der Waals surface area contributed by atoms with Crippen LogP contribution >= 0.6 is 0 Å². The second-order valence-corrected chi connectivity index (χ2v) is 5.89. The minimum Gasteiger partial charge on any atom is -0.463 e. The largest absolute Gasteiger partial charge is 0.463 e. The highest BCUT2D eigenvalue weighted by Gasteiger charge is 2.26. The van der Waals surface area contributed by atoms with Crippen molar-refractivity contribution in [2.45, 2.75) is 25.8 Å². The van der Waals surface area contributed by atoms with Gasteiger partial charge in [0.2, 0.25) is 0 Å². The Labute approximate surface area is 133 Å². The first-order valence-electron chi connectivity index (χ1n) is 7.72. The van der Waals surface area contributed by atoms with Gasteiger partial charge < -0.3 is 9.73 Å². The van der Waals surface area contributed by atoms with Gasteiger partial charge in [0, 0.05) is 12.1 Å². The zero-order chi connectivity index (χ0) is 15.8. The molecule has 0 saturated heterocycles. The van der Waals surface area contributed by atoms with Crippen LogP contribution in [-0.4, -0.2) is 21.7 Å². The summed E-state index contributed by atoms with van der Waals surface area (Å²) in [5.41, 5.74) is 3.19. The van der Waals surface area contributed by atoms with Crippen molar-refractivity contribution in [3.63, 3.8) is 0 Å². The molecule has 1 N–H and O–H groups in total. The number of aromatic nitrogens is 2. The molecule has 0 spiro atoms. The summed E-state index contributed by atoms with van der Waals surface area (Å²) in [7, 11) is 0. The molecule has 0 atom stereocenters. The summed E-state index contributed by atoms with van der Waals surface area (Å²) in [6.07, 6.45) is 3.70. The fraction of sp³-hybridized carbons (Fsp3) is 0.222. The topological polar surface area (TPSA) is 60.1 Å². The number of amides is 1. The zero-order valence-electron chi connectivity index (χ0n) is 12.8. The number of benzene rings is 1. The van der Waals surface area contributed by atoms with E-state index >= 15 is 0 Å². The van der Waals surface area contributed by atoms with Crippen molar-refractivity contribution >= 4 is 5.91 Å². The van der Waals surface area contributed by atoms with Crippen LogP contribution in [0.2, 0.25) is 0 Å². The predicted octanol–water partition coefficient (Wildman–Crippen LogP) is 3.33. The minimum absolute atomic E-state index is 0.0987. The van der Waals surface area contributed by atoms with E-state index in [9.17, 15) is 4.79 Å². The molecular formula is C18H17N3O2. The van der Waals surface area contributed by atoms with Gasteiger partial charge in [-0.1, -0.05) is 17.7 Å². The monoisotopic (exact) mass is 307 g/mol. The fourth-order valence-electron chi connectivity index (χ4n) is 2.46. The number of rotatable bonds is 4. The molecule has 0 radical (unpaired) electrons. The van der Waals surface area contributed by atoms with Crippen molar-refractivity contribution in [1.82, 2.24) is 15.1 Å². The van der Waals surface area contributed by atoms with Gasteiger partial charge >= 0.3 is 0 Å². The Kier molecular flexibility index (Phi) is 3.26. The maximum atomic E-state index is 12.5. The number of nitrogens with one attached hydrogen (secondary N) is 1. The Morgan fingerprint density at radius 3 is 2.70 bits per heavy atom. The van der Waals surface area contributed by atoms with Gasteiger partial charge in [0.15, 0.2) is 5.76 Å². The van der Waals surface area contributed by atoms with Crippen LogP contribution in [0.3, 0.4) is 0 Å². The van der Waals surface area contributed by atoms with Crippen LogP contribution in [-0.2, 0) is 0 Å². The molecule has 4 rings (SSSR count). The van der Waals surface area contributed by atoms with Gasteiger partial charge in [-0.3, -0.25) is 4.79 Å². The lowest BCUT2D eigenvalue weighted by Gasteiger charge is -2.08. The molecule has 116 valence electrons. The maximum Gasteiger partial charge on any atom is 0.270 e. The van der Waals surface area contributed by atoms with Crippen LogP contribution in [0, 0.1) is 6.92 Å². The van der Waals surface area contributed by atoms with Crippen LogP contribution in [0.5, 0.6) is 0 Å². The van der Waals surface area contributed by atoms with Crippen molar-refractivity contribution in [2.75, 3.05) is 0 Å². The van der Waals surface area contributed by atoms with Gasteiger partial charge in [-0.2, -0.15) is 5.10 Å². The third-order valence-corrected chi connectivity index (χ3v) is 3.91. The van der Waals surface area contributed by atoms with E-state index < -0.39 is 0 Å². The third-order valence-electron chi connectivity index (χ3n) is 3.91. The van der Waals surface area contributed by atoms with Crippen molar-refractivity contribution in [3.05, 3.63) is 60.0 Å². The highest BCUT2D eigenvalue weighted by Crippen LogP contribution is 2.24. The molecule has 3 aromatic rings. The molecule has 1 aromatic carbocycles. The standard InChI is InChI=1S/C18H17N3O2/c1-12-4-8-14(9-5-12)21-16(18(22)19-13-6-7-13)11-15(20-21)17-3-2-10-23-17/h2-5,8-11,13H,6-7H2,1H3,(H,19,22). The van der Waals surface area contributed by atoms with Crippen molar-refractivity contribution in [1.29, 1.82) is 0 Å². The summed E-state index contributed by atoms with van der Waals surface area (Å²) >= 11 is 0. The molecule has 1 aliphatic carbocycles. The van der Waals surface area contributed by atoms with E-state index in [2.05, 4.69) is 10.4 Å². The summed E-state index contributed by atoms with van der Waals surface area (Å²) in [5, 5.41) is 7.58. The smallest absolute Gasteiger partial charge is 0.270 e. The lowest BCUT2D eigenvalue weighted by Crippen LogP contribution is -2.27. The van der Waals surface area contributed by atoms with Gasteiger partial charge in [0.05, 0.1) is 12.0 Å². The van der Waals surface area contributed by atoms with Gasteiger partial charge in [0.1, 0.15) is 11.4 Å². The Morgan fingerprint density at radius 1 is 1.26 bits per heavy atom. The number of hydrogen-bond donors (Lipinski definition) is 1. The maximum absolute atomic E-state index is 12.5. The molecule has 23 heavy (non-hydrogen) atoms. The minimum atomic E-state index is -0.0987. The van der Waals surface area contributed by atoms with E-state index in [1.807, 2.05) is 43.3 Å². The van der Waals surface area contributed by atoms with Crippen molar-refractivity contribution in [2.24, 2.45) is 0 Å². The van der Waals surface area contributed by atoms with Crippen LogP contribution in [0.4, 0.5) is 0 Å². The van der Waals surface area contributed by atoms with Crippen molar-refractivity contribution < 1.29 is 9.21 Å². The van der Waals surface area contributed by atoms with Crippen LogP contribution < -0.4 is 5.32 Å². The first kappa shape index (κ1) is 13.8. The first-order valence-corrected chi connectivity index (χ1v) is 7.72. The van der Waals surface area contributed by atoms with Crippen molar-refractivity contribution in [3.8, 4) is 17.1 Å².